The number of nitrogen functional groups attached to an aromatic ring is 1. The Bertz CT molecular complexity index is 1040. The molecule has 9 heteroatoms. The highest BCUT2D eigenvalue weighted by atomic mass is 35.5. The zero-order valence-corrected chi connectivity index (χ0v) is 19.0. The summed E-state index contributed by atoms with van der Waals surface area (Å²) < 4.78 is 12.1. The number of nitrogens with zero attached hydrogens (tertiary/aromatic N) is 3. The number of nitriles is 1. The van der Waals surface area contributed by atoms with Crippen molar-refractivity contribution in [1.82, 2.24) is 4.57 Å². The zero-order chi connectivity index (χ0) is 23.3. The highest BCUT2D eigenvalue weighted by Gasteiger charge is 2.34. The average Bonchev–Trinajstić information content (AvgIpc) is 3.05. The molecule has 0 amide bonds. The van der Waals surface area contributed by atoms with Crippen LogP contribution >= 0.6 is 11.6 Å². The van der Waals surface area contributed by atoms with Crippen LogP contribution in [0.15, 0.2) is 24.3 Å². The van der Waals surface area contributed by atoms with E-state index in [4.69, 9.17) is 26.8 Å². The van der Waals surface area contributed by atoms with Crippen LogP contribution in [0.25, 0.3) is 0 Å². The van der Waals surface area contributed by atoms with Crippen LogP contribution in [0.3, 0.4) is 0 Å². The van der Waals surface area contributed by atoms with Gasteiger partial charge in [-0.1, -0.05) is 23.7 Å². The van der Waals surface area contributed by atoms with E-state index < -0.39 is 5.97 Å². The van der Waals surface area contributed by atoms with E-state index in [0.29, 0.717) is 37.0 Å². The Morgan fingerprint density at radius 2 is 2.03 bits per heavy atom. The van der Waals surface area contributed by atoms with Crippen LogP contribution in [-0.2, 0) is 20.8 Å². The minimum absolute atomic E-state index is 0.0706. The monoisotopic (exact) mass is 458 g/mol. The lowest BCUT2D eigenvalue weighted by Gasteiger charge is -2.34. The summed E-state index contributed by atoms with van der Waals surface area (Å²) in [7, 11) is 0. The molecular formula is C23H27ClN4O4. The van der Waals surface area contributed by atoms with Crippen molar-refractivity contribution in [2.24, 2.45) is 5.92 Å². The van der Waals surface area contributed by atoms with E-state index >= 15 is 0 Å². The molecule has 32 heavy (non-hydrogen) atoms. The molecule has 170 valence electrons. The number of anilines is 2. The summed E-state index contributed by atoms with van der Waals surface area (Å²) in [5.41, 5.74) is 7.51. The minimum Gasteiger partial charge on any atom is -0.466 e. The molecule has 1 aliphatic heterocycles. The van der Waals surface area contributed by atoms with Crippen LogP contribution in [0.4, 0.5) is 11.5 Å². The molecule has 1 aromatic heterocycles. The van der Waals surface area contributed by atoms with Crippen molar-refractivity contribution in [2.45, 2.75) is 33.2 Å². The molecule has 0 saturated carbocycles. The summed E-state index contributed by atoms with van der Waals surface area (Å²) in [6, 6.07) is 9.40. The first-order chi connectivity index (χ1) is 15.4. The van der Waals surface area contributed by atoms with Gasteiger partial charge in [0.2, 0.25) is 0 Å². The van der Waals surface area contributed by atoms with Gasteiger partial charge in [-0.25, -0.2) is 4.79 Å². The van der Waals surface area contributed by atoms with Gasteiger partial charge in [-0.05, 0) is 44.4 Å². The molecule has 1 saturated heterocycles. The number of hydrogen-bond acceptors (Lipinski definition) is 7. The smallest absolute Gasteiger partial charge is 0.357 e. The molecule has 1 unspecified atom stereocenters. The topological polar surface area (TPSA) is 111 Å². The molecule has 0 radical (unpaired) electrons. The maximum absolute atomic E-state index is 12.8. The second-order valence-electron chi connectivity index (χ2n) is 7.55. The molecule has 2 heterocycles. The van der Waals surface area contributed by atoms with E-state index in [-0.39, 0.29) is 42.0 Å². The predicted molar refractivity (Wildman–Crippen MR) is 122 cm³/mol. The second kappa shape index (κ2) is 10.4. The van der Waals surface area contributed by atoms with E-state index in [1.54, 1.807) is 30.5 Å². The molecule has 1 atom stereocenters. The third-order valence-electron chi connectivity index (χ3n) is 5.42. The van der Waals surface area contributed by atoms with Crippen LogP contribution in [0.1, 0.15) is 48.3 Å². The third-order valence-corrected chi connectivity index (χ3v) is 5.66. The largest absolute Gasteiger partial charge is 0.466 e. The van der Waals surface area contributed by atoms with Gasteiger partial charge in [0.25, 0.3) is 0 Å². The quantitative estimate of drug-likeness (QED) is 0.631. The lowest BCUT2D eigenvalue weighted by molar-refractivity contribution is -0.148. The Hall–Kier alpha value is -3.18. The maximum Gasteiger partial charge on any atom is 0.357 e. The number of carbonyl (C=O) groups is 2. The van der Waals surface area contributed by atoms with Gasteiger partial charge in [-0.2, -0.15) is 5.26 Å². The summed E-state index contributed by atoms with van der Waals surface area (Å²) in [6.45, 7) is 5.21. The fourth-order valence-electron chi connectivity index (χ4n) is 4.08. The number of nitrogens with two attached hydrogens (primary N) is 1. The lowest BCUT2D eigenvalue weighted by Crippen LogP contribution is -2.41. The number of carbonyl (C=O) groups excluding carboxylic acids is 2. The standard InChI is InChI=1S/C23H27ClN4O4/c1-3-31-22(29)16-8-6-10-27(14-16)21-18(12-25)19(26)20(23(30)32-4-2)28(21)13-15-7-5-9-17(24)11-15/h5,7,9,11,16H,3-4,6,8,10,13-14,26H2,1-2H3. The SMILES string of the molecule is CCOC(=O)c1c(N)c(C#N)c(N2CCCC(C(=O)OCC)C2)n1Cc1cccc(Cl)c1. The number of rotatable bonds is 7. The summed E-state index contributed by atoms with van der Waals surface area (Å²) in [5.74, 6) is -0.685. The van der Waals surface area contributed by atoms with Crippen molar-refractivity contribution in [1.29, 1.82) is 5.26 Å². The first-order valence-electron chi connectivity index (χ1n) is 10.7. The maximum atomic E-state index is 12.8. The molecule has 0 bridgehead atoms. The number of esters is 2. The molecule has 1 fully saturated rings. The van der Waals surface area contributed by atoms with Crippen LogP contribution in [-0.4, -0.2) is 42.8 Å². The normalized spacial score (nSPS) is 15.8. The van der Waals surface area contributed by atoms with Crippen molar-refractivity contribution in [2.75, 3.05) is 36.9 Å². The fourth-order valence-corrected chi connectivity index (χ4v) is 4.29. The molecule has 0 spiro atoms. The second-order valence-corrected chi connectivity index (χ2v) is 7.98. The van der Waals surface area contributed by atoms with E-state index in [1.807, 2.05) is 17.0 Å². The number of halogens is 1. The summed E-state index contributed by atoms with van der Waals surface area (Å²) in [5, 5.41) is 10.5. The van der Waals surface area contributed by atoms with Crippen LogP contribution in [0.5, 0.6) is 0 Å². The van der Waals surface area contributed by atoms with Gasteiger partial charge < -0.3 is 24.7 Å². The van der Waals surface area contributed by atoms with Crippen molar-refractivity contribution in [3.8, 4) is 6.07 Å². The van der Waals surface area contributed by atoms with Crippen molar-refractivity contribution in [3.63, 3.8) is 0 Å². The highest BCUT2D eigenvalue weighted by Crippen LogP contribution is 2.36. The van der Waals surface area contributed by atoms with E-state index in [9.17, 15) is 14.9 Å². The van der Waals surface area contributed by atoms with Crippen molar-refractivity contribution < 1.29 is 19.1 Å². The number of aromatic nitrogens is 1. The first-order valence-corrected chi connectivity index (χ1v) is 11.0. The van der Waals surface area contributed by atoms with Gasteiger partial charge in [0.1, 0.15) is 17.5 Å². The van der Waals surface area contributed by atoms with Gasteiger partial charge in [-0.15, -0.1) is 0 Å². The van der Waals surface area contributed by atoms with Crippen molar-refractivity contribution >= 4 is 35.0 Å². The summed E-state index contributed by atoms with van der Waals surface area (Å²) in [6.07, 6.45) is 1.44. The predicted octanol–water partition coefficient (Wildman–Crippen LogP) is 3.60. The molecule has 0 aliphatic carbocycles. The van der Waals surface area contributed by atoms with Gasteiger partial charge in [0, 0.05) is 24.7 Å². The Labute approximate surface area is 192 Å². The van der Waals surface area contributed by atoms with Gasteiger partial charge in [0.15, 0.2) is 5.69 Å². The van der Waals surface area contributed by atoms with Gasteiger partial charge >= 0.3 is 11.9 Å². The molecule has 2 N–H and O–H groups in total. The Morgan fingerprint density at radius 3 is 2.69 bits per heavy atom. The van der Waals surface area contributed by atoms with E-state index in [1.165, 1.54) is 0 Å². The number of hydrogen-bond donors (Lipinski definition) is 1. The number of ether oxygens (including phenoxy) is 2. The van der Waals surface area contributed by atoms with Crippen molar-refractivity contribution in [3.05, 3.63) is 46.1 Å². The zero-order valence-electron chi connectivity index (χ0n) is 18.3. The Balaban J connectivity index is 2.11. The molecule has 3 rings (SSSR count). The average molecular weight is 459 g/mol. The molecule has 1 aromatic carbocycles. The summed E-state index contributed by atoms with van der Waals surface area (Å²) >= 11 is 6.16. The van der Waals surface area contributed by atoms with Crippen LogP contribution < -0.4 is 10.6 Å². The first kappa shape index (κ1) is 23.5. The molecule has 8 nitrogen and oxygen atoms in total. The Kier molecular flexibility index (Phi) is 7.65. The highest BCUT2D eigenvalue weighted by molar-refractivity contribution is 6.30. The van der Waals surface area contributed by atoms with Crippen LogP contribution in [0, 0.1) is 17.2 Å². The molecule has 1 aliphatic rings. The number of benzene rings is 1. The third kappa shape index (κ3) is 4.83. The number of piperidine rings is 1. The van der Waals surface area contributed by atoms with Crippen LogP contribution in [0.2, 0.25) is 5.02 Å². The Morgan fingerprint density at radius 1 is 1.28 bits per heavy atom. The minimum atomic E-state index is -0.603. The van der Waals surface area contributed by atoms with E-state index in [2.05, 4.69) is 6.07 Å². The van der Waals surface area contributed by atoms with E-state index in [0.717, 1.165) is 12.0 Å². The molecular weight excluding hydrogens is 432 g/mol. The summed E-state index contributed by atoms with van der Waals surface area (Å²) in [4.78, 5) is 27.1. The molecule has 2 aromatic rings. The van der Waals surface area contributed by atoms with Gasteiger partial charge in [-0.3, -0.25) is 4.79 Å². The lowest BCUT2D eigenvalue weighted by atomic mass is 9.98. The van der Waals surface area contributed by atoms with Gasteiger partial charge in [0.05, 0.1) is 24.8 Å². The fraction of sp³-hybridized carbons (Fsp3) is 0.435.